The van der Waals surface area contributed by atoms with Crippen molar-refractivity contribution in [2.24, 2.45) is 10.8 Å². The van der Waals surface area contributed by atoms with Gasteiger partial charge in [0.15, 0.2) is 10.9 Å². The Bertz CT molecular complexity index is 811. The van der Waals surface area contributed by atoms with Crippen LogP contribution in [-0.4, -0.2) is 52.1 Å². The molecule has 142 valence electrons. The van der Waals surface area contributed by atoms with Gasteiger partial charge in [0.25, 0.3) is 0 Å². The molecule has 0 unspecified atom stereocenters. The van der Waals surface area contributed by atoms with E-state index < -0.39 is 0 Å². The number of morpholine rings is 1. The van der Waals surface area contributed by atoms with Crippen LogP contribution < -0.4 is 15.9 Å². The van der Waals surface area contributed by atoms with E-state index in [9.17, 15) is 4.39 Å². The fourth-order valence-electron chi connectivity index (χ4n) is 2.28. The molecule has 1 aromatic carbocycles. The average Bonchev–Trinajstić information content (AvgIpc) is 2.72. The summed E-state index contributed by atoms with van der Waals surface area (Å²) in [4.78, 5) is 10.3. The summed E-state index contributed by atoms with van der Waals surface area (Å²) in [6.45, 7) is 2.89. The number of benzene rings is 1. The molecule has 27 heavy (non-hydrogen) atoms. The van der Waals surface area contributed by atoms with Gasteiger partial charge >= 0.3 is 0 Å². The van der Waals surface area contributed by atoms with Gasteiger partial charge in [-0.25, -0.2) is 9.37 Å². The standard InChI is InChI=1S/C17H19FN6O2S/c18-13-3-1-12(2-4-13)11-26-15-10-20-9-14(21-15)16(19)22-23-17(27)24-5-7-25-8-6-24/h1-4,9-10H,5-8,11H2,(H2,19,22)(H,23,27). The first-order chi connectivity index (χ1) is 13.1. The predicted molar refractivity (Wildman–Crippen MR) is 102 cm³/mol. The number of aromatic nitrogens is 2. The second-order valence-corrected chi connectivity index (χ2v) is 6.06. The van der Waals surface area contributed by atoms with Gasteiger partial charge in [0.2, 0.25) is 5.88 Å². The summed E-state index contributed by atoms with van der Waals surface area (Å²) in [7, 11) is 0. The van der Waals surface area contributed by atoms with Crippen molar-refractivity contribution in [3.8, 4) is 5.88 Å². The van der Waals surface area contributed by atoms with E-state index in [4.69, 9.17) is 27.4 Å². The Morgan fingerprint density at radius 2 is 2.04 bits per heavy atom. The number of thiocarbonyl (C=S) groups is 1. The fraction of sp³-hybridized carbons (Fsp3) is 0.294. The first-order valence-corrected chi connectivity index (χ1v) is 8.68. The molecule has 0 spiro atoms. The van der Waals surface area contributed by atoms with E-state index in [0.29, 0.717) is 37.1 Å². The Morgan fingerprint density at radius 3 is 2.78 bits per heavy atom. The molecule has 0 radical (unpaired) electrons. The van der Waals surface area contributed by atoms with Crippen LogP contribution >= 0.6 is 12.2 Å². The van der Waals surface area contributed by atoms with Gasteiger partial charge in [-0.05, 0) is 29.9 Å². The van der Waals surface area contributed by atoms with Crippen LogP contribution in [0, 0.1) is 5.82 Å². The Labute approximate surface area is 161 Å². The third-order valence-electron chi connectivity index (χ3n) is 3.75. The zero-order valence-corrected chi connectivity index (χ0v) is 15.3. The number of ether oxygens (including phenoxy) is 2. The molecule has 0 aliphatic carbocycles. The van der Waals surface area contributed by atoms with E-state index in [0.717, 1.165) is 5.56 Å². The van der Waals surface area contributed by atoms with E-state index in [1.54, 1.807) is 12.1 Å². The molecule has 0 amide bonds. The third kappa shape index (κ3) is 5.56. The van der Waals surface area contributed by atoms with Gasteiger partial charge in [0.05, 0.1) is 25.6 Å². The van der Waals surface area contributed by atoms with E-state index in [-0.39, 0.29) is 24.1 Å². The van der Waals surface area contributed by atoms with Gasteiger partial charge in [-0.1, -0.05) is 12.1 Å². The lowest BCUT2D eigenvalue weighted by atomic mass is 10.2. The Morgan fingerprint density at radius 1 is 1.30 bits per heavy atom. The molecule has 0 atom stereocenters. The highest BCUT2D eigenvalue weighted by Gasteiger charge is 2.13. The van der Waals surface area contributed by atoms with Gasteiger partial charge < -0.3 is 20.1 Å². The molecule has 0 saturated carbocycles. The molecule has 3 rings (SSSR count). The zero-order valence-electron chi connectivity index (χ0n) is 14.5. The molecule has 1 fully saturated rings. The summed E-state index contributed by atoms with van der Waals surface area (Å²) in [5.74, 6) is 0.114. The lowest BCUT2D eigenvalue weighted by molar-refractivity contribution is 0.0677. The second-order valence-electron chi connectivity index (χ2n) is 5.67. The van der Waals surface area contributed by atoms with Gasteiger partial charge in [0, 0.05) is 13.1 Å². The van der Waals surface area contributed by atoms with Gasteiger partial charge in [0.1, 0.15) is 18.1 Å². The average molecular weight is 390 g/mol. The van der Waals surface area contributed by atoms with E-state index in [1.807, 2.05) is 4.90 Å². The van der Waals surface area contributed by atoms with Crippen molar-refractivity contribution in [1.82, 2.24) is 20.3 Å². The SMILES string of the molecule is N/C(=N/NC(=S)N1CCOCC1)c1cncc(OCc2ccc(F)cc2)n1. The summed E-state index contributed by atoms with van der Waals surface area (Å²) in [5.41, 5.74) is 9.86. The number of nitrogens with one attached hydrogen (secondary N) is 1. The molecule has 2 heterocycles. The van der Waals surface area contributed by atoms with Crippen molar-refractivity contribution in [3.05, 3.63) is 53.7 Å². The molecule has 2 aromatic rings. The monoisotopic (exact) mass is 390 g/mol. The number of amidine groups is 1. The van der Waals surface area contributed by atoms with Crippen LogP contribution in [0.3, 0.4) is 0 Å². The van der Waals surface area contributed by atoms with Gasteiger partial charge in [-0.15, -0.1) is 0 Å². The largest absolute Gasteiger partial charge is 0.472 e. The number of hydrazone groups is 1. The van der Waals surface area contributed by atoms with Crippen LogP contribution in [0.5, 0.6) is 5.88 Å². The van der Waals surface area contributed by atoms with Crippen molar-refractivity contribution in [2.75, 3.05) is 26.3 Å². The summed E-state index contributed by atoms with van der Waals surface area (Å²) in [5, 5.41) is 4.53. The molecular weight excluding hydrogens is 371 g/mol. The lowest BCUT2D eigenvalue weighted by Crippen LogP contribution is -2.45. The number of hydrogen-bond acceptors (Lipinski definition) is 6. The van der Waals surface area contributed by atoms with Gasteiger partial charge in [-0.3, -0.25) is 10.4 Å². The quantitative estimate of drug-likeness (QED) is 0.338. The highest BCUT2D eigenvalue weighted by Crippen LogP contribution is 2.10. The number of rotatable bonds is 5. The van der Waals surface area contributed by atoms with E-state index in [2.05, 4.69) is 20.5 Å². The molecule has 0 bridgehead atoms. The summed E-state index contributed by atoms with van der Waals surface area (Å²) in [6.07, 6.45) is 2.94. The van der Waals surface area contributed by atoms with Crippen molar-refractivity contribution < 1.29 is 13.9 Å². The van der Waals surface area contributed by atoms with Crippen molar-refractivity contribution in [1.29, 1.82) is 0 Å². The molecule has 10 heteroatoms. The molecule has 1 aliphatic rings. The molecular formula is C17H19FN6O2S. The van der Waals surface area contributed by atoms with Crippen molar-refractivity contribution in [2.45, 2.75) is 6.61 Å². The highest BCUT2D eigenvalue weighted by atomic mass is 32.1. The smallest absolute Gasteiger partial charge is 0.233 e. The minimum Gasteiger partial charge on any atom is -0.472 e. The van der Waals surface area contributed by atoms with Crippen molar-refractivity contribution >= 4 is 23.2 Å². The van der Waals surface area contributed by atoms with Crippen LogP contribution in [0.2, 0.25) is 0 Å². The first kappa shape index (κ1) is 18.9. The number of nitrogens with zero attached hydrogens (tertiary/aromatic N) is 4. The van der Waals surface area contributed by atoms with E-state index in [1.165, 1.54) is 24.5 Å². The Hall–Kier alpha value is -2.85. The second kappa shape index (κ2) is 9.19. The van der Waals surface area contributed by atoms with Crippen LogP contribution in [-0.2, 0) is 11.3 Å². The highest BCUT2D eigenvalue weighted by molar-refractivity contribution is 7.80. The minimum absolute atomic E-state index is 0.130. The fourth-order valence-corrected chi connectivity index (χ4v) is 2.51. The van der Waals surface area contributed by atoms with Crippen LogP contribution in [0.1, 0.15) is 11.3 Å². The summed E-state index contributed by atoms with van der Waals surface area (Å²) in [6, 6.07) is 6.01. The maximum Gasteiger partial charge on any atom is 0.233 e. The predicted octanol–water partition coefficient (Wildman–Crippen LogP) is 1.02. The first-order valence-electron chi connectivity index (χ1n) is 8.27. The topological polar surface area (TPSA) is 97.9 Å². The lowest BCUT2D eigenvalue weighted by Gasteiger charge is -2.28. The summed E-state index contributed by atoms with van der Waals surface area (Å²) >= 11 is 5.28. The van der Waals surface area contributed by atoms with Crippen LogP contribution in [0.15, 0.2) is 41.8 Å². The molecule has 1 aliphatic heterocycles. The van der Waals surface area contributed by atoms with Gasteiger partial charge in [-0.2, -0.15) is 5.10 Å². The molecule has 1 aromatic heterocycles. The minimum atomic E-state index is -0.299. The van der Waals surface area contributed by atoms with E-state index >= 15 is 0 Å². The number of nitrogens with two attached hydrogens (primary N) is 1. The summed E-state index contributed by atoms with van der Waals surface area (Å²) < 4.78 is 23.8. The number of hydrogen-bond donors (Lipinski definition) is 2. The van der Waals surface area contributed by atoms with Crippen LogP contribution in [0.25, 0.3) is 0 Å². The molecule has 8 nitrogen and oxygen atoms in total. The van der Waals surface area contributed by atoms with Crippen LogP contribution in [0.4, 0.5) is 4.39 Å². The molecule has 1 saturated heterocycles. The number of halogens is 1. The maximum atomic E-state index is 12.9. The maximum absolute atomic E-state index is 12.9. The molecule has 3 N–H and O–H groups in total. The van der Waals surface area contributed by atoms with Crippen molar-refractivity contribution in [3.63, 3.8) is 0 Å². The third-order valence-corrected chi connectivity index (χ3v) is 4.09. The zero-order chi connectivity index (χ0) is 19.1. The Kier molecular flexibility index (Phi) is 6.44. The Balaban J connectivity index is 1.58. The normalized spacial score (nSPS) is 14.7.